The molecule has 0 saturated heterocycles. The van der Waals surface area contributed by atoms with Crippen molar-refractivity contribution in [3.63, 3.8) is 0 Å². The SMILES string of the molecule is CCNC(=NCC(C)(O)c1cnn(C)c1)NCCNC(=O)c1ccco1. The summed E-state index contributed by atoms with van der Waals surface area (Å²) in [6.07, 6.45) is 4.84. The van der Waals surface area contributed by atoms with Gasteiger partial charge in [0.2, 0.25) is 0 Å². The lowest BCUT2D eigenvalue weighted by Gasteiger charge is -2.20. The van der Waals surface area contributed by atoms with Crippen molar-refractivity contribution in [2.75, 3.05) is 26.2 Å². The average molecular weight is 362 g/mol. The van der Waals surface area contributed by atoms with E-state index in [4.69, 9.17) is 4.42 Å². The van der Waals surface area contributed by atoms with Crippen molar-refractivity contribution >= 4 is 11.9 Å². The maximum Gasteiger partial charge on any atom is 0.287 e. The Balaban J connectivity index is 1.83. The molecule has 1 amide bonds. The number of nitrogens with one attached hydrogen (secondary N) is 3. The number of hydrogen-bond donors (Lipinski definition) is 4. The Morgan fingerprint density at radius 3 is 2.77 bits per heavy atom. The Hall–Kier alpha value is -2.81. The van der Waals surface area contributed by atoms with Crippen LogP contribution in [0.15, 0.2) is 40.2 Å². The van der Waals surface area contributed by atoms with Gasteiger partial charge in [-0.3, -0.25) is 9.48 Å². The minimum atomic E-state index is -1.12. The van der Waals surface area contributed by atoms with E-state index < -0.39 is 5.60 Å². The van der Waals surface area contributed by atoms with E-state index in [2.05, 4.69) is 26.0 Å². The molecule has 0 aliphatic carbocycles. The molecule has 0 aliphatic heterocycles. The molecule has 0 bridgehead atoms. The first-order chi connectivity index (χ1) is 12.4. The van der Waals surface area contributed by atoms with Crippen LogP contribution in [0.25, 0.3) is 0 Å². The van der Waals surface area contributed by atoms with Gasteiger partial charge in [0.15, 0.2) is 11.7 Å². The van der Waals surface area contributed by atoms with E-state index in [1.807, 2.05) is 6.92 Å². The normalized spacial score (nSPS) is 13.9. The molecule has 2 heterocycles. The van der Waals surface area contributed by atoms with Crippen molar-refractivity contribution < 1.29 is 14.3 Å². The van der Waals surface area contributed by atoms with Crippen LogP contribution in [-0.4, -0.2) is 52.9 Å². The van der Waals surface area contributed by atoms with Gasteiger partial charge in [0.25, 0.3) is 5.91 Å². The molecule has 9 heteroatoms. The molecule has 2 rings (SSSR count). The van der Waals surface area contributed by atoms with Crippen LogP contribution >= 0.6 is 0 Å². The largest absolute Gasteiger partial charge is 0.459 e. The van der Waals surface area contributed by atoms with Crippen molar-refractivity contribution in [2.24, 2.45) is 12.0 Å². The second-order valence-corrected chi connectivity index (χ2v) is 6.03. The molecule has 9 nitrogen and oxygen atoms in total. The number of guanidine groups is 1. The highest BCUT2D eigenvalue weighted by Gasteiger charge is 2.24. The average Bonchev–Trinajstić information content (AvgIpc) is 3.28. The first kappa shape index (κ1) is 19.5. The smallest absolute Gasteiger partial charge is 0.287 e. The van der Waals surface area contributed by atoms with Gasteiger partial charge in [0.1, 0.15) is 5.60 Å². The number of hydrogen-bond acceptors (Lipinski definition) is 5. The number of amides is 1. The summed E-state index contributed by atoms with van der Waals surface area (Å²) in [5.74, 6) is 0.570. The Morgan fingerprint density at radius 1 is 1.38 bits per heavy atom. The highest BCUT2D eigenvalue weighted by atomic mass is 16.3. The van der Waals surface area contributed by atoms with E-state index in [0.717, 1.165) is 0 Å². The zero-order valence-corrected chi connectivity index (χ0v) is 15.3. The molecule has 0 spiro atoms. The zero-order valence-electron chi connectivity index (χ0n) is 15.3. The van der Waals surface area contributed by atoms with E-state index in [9.17, 15) is 9.90 Å². The van der Waals surface area contributed by atoms with Crippen molar-refractivity contribution in [1.82, 2.24) is 25.7 Å². The molecule has 2 aromatic heterocycles. The zero-order chi connectivity index (χ0) is 19.0. The summed E-state index contributed by atoms with van der Waals surface area (Å²) in [5, 5.41) is 23.6. The van der Waals surface area contributed by atoms with Gasteiger partial charge in [-0.15, -0.1) is 0 Å². The predicted octanol–water partition coefficient (Wildman–Crippen LogP) is 0.206. The van der Waals surface area contributed by atoms with E-state index in [1.165, 1.54) is 6.26 Å². The molecular weight excluding hydrogens is 336 g/mol. The molecule has 0 saturated carbocycles. The molecule has 26 heavy (non-hydrogen) atoms. The van der Waals surface area contributed by atoms with Gasteiger partial charge >= 0.3 is 0 Å². The topological polar surface area (TPSA) is 117 Å². The van der Waals surface area contributed by atoms with E-state index in [1.54, 1.807) is 43.2 Å². The number of aromatic nitrogens is 2. The molecule has 4 N–H and O–H groups in total. The summed E-state index contributed by atoms with van der Waals surface area (Å²) in [4.78, 5) is 16.2. The molecule has 0 aromatic carbocycles. The van der Waals surface area contributed by atoms with Gasteiger partial charge in [0, 0.05) is 38.4 Å². The number of aliphatic hydroxyl groups is 1. The van der Waals surface area contributed by atoms with E-state index in [0.29, 0.717) is 31.2 Å². The number of rotatable bonds is 8. The quantitative estimate of drug-likeness (QED) is 0.303. The maximum atomic E-state index is 11.8. The minimum Gasteiger partial charge on any atom is -0.459 e. The summed E-state index contributed by atoms with van der Waals surface area (Å²) >= 11 is 0. The third-order valence-corrected chi connectivity index (χ3v) is 3.66. The third kappa shape index (κ3) is 5.62. The lowest BCUT2D eigenvalue weighted by Crippen LogP contribution is -2.42. The fourth-order valence-corrected chi connectivity index (χ4v) is 2.22. The van der Waals surface area contributed by atoms with Gasteiger partial charge in [-0.2, -0.15) is 5.10 Å². The fourth-order valence-electron chi connectivity index (χ4n) is 2.22. The fraction of sp³-hybridized carbons (Fsp3) is 0.471. The Kier molecular flexibility index (Phi) is 6.79. The minimum absolute atomic E-state index is 0.173. The van der Waals surface area contributed by atoms with Crippen LogP contribution < -0.4 is 16.0 Å². The monoisotopic (exact) mass is 362 g/mol. The van der Waals surface area contributed by atoms with Gasteiger partial charge in [-0.25, -0.2) is 4.99 Å². The second kappa shape index (κ2) is 9.04. The number of furan rings is 1. The molecular formula is C17H26N6O3. The number of carbonyl (C=O) groups is 1. The number of carbonyl (C=O) groups excluding carboxylic acids is 1. The summed E-state index contributed by atoms with van der Waals surface area (Å²) in [5.41, 5.74) is -0.422. The Bertz CT molecular complexity index is 721. The molecule has 0 aliphatic rings. The first-order valence-corrected chi connectivity index (χ1v) is 8.48. The third-order valence-electron chi connectivity index (χ3n) is 3.66. The van der Waals surface area contributed by atoms with Crippen LogP contribution in [0.1, 0.15) is 30.0 Å². The van der Waals surface area contributed by atoms with Crippen LogP contribution in [-0.2, 0) is 12.6 Å². The van der Waals surface area contributed by atoms with Crippen molar-refractivity contribution in [2.45, 2.75) is 19.4 Å². The summed E-state index contributed by atoms with van der Waals surface area (Å²) < 4.78 is 6.67. The van der Waals surface area contributed by atoms with Crippen LogP contribution in [0.5, 0.6) is 0 Å². The Labute approximate surface area is 152 Å². The summed E-state index contributed by atoms with van der Waals surface area (Å²) in [6, 6.07) is 3.27. The van der Waals surface area contributed by atoms with E-state index >= 15 is 0 Å². The van der Waals surface area contributed by atoms with Crippen molar-refractivity contribution in [3.05, 3.63) is 42.1 Å². The second-order valence-electron chi connectivity index (χ2n) is 6.03. The van der Waals surface area contributed by atoms with Crippen LogP contribution in [0.4, 0.5) is 0 Å². The molecule has 1 atom stereocenters. The number of aliphatic imine (C=N–C) groups is 1. The van der Waals surface area contributed by atoms with Gasteiger partial charge in [-0.1, -0.05) is 0 Å². The summed E-state index contributed by atoms with van der Waals surface area (Å²) in [7, 11) is 1.80. The molecule has 0 fully saturated rings. The lowest BCUT2D eigenvalue weighted by molar-refractivity contribution is 0.0672. The highest BCUT2D eigenvalue weighted by molar-refractivity contribution is 5.91. The maximum absolute atomic E-state index is 11.8. The highest BCUT2D eigenvalue weighted by Crippen LogP contribution is 2.19. The predicted molar refractivity (Wildman–Crippen MR) is 97.8 cm³/mol. The van der Waals surface area contributed by atoms with Gasteiger partial charge in [-0.05, 0) is 26.0 Å². The van der Waals surface area contributed by atoms with Gasteiger partial charge < -0.3 is 25.5 Å². The number of nitrogens with zero attached hydrogens (tertiary/aromatic N) is 3. The van der Waals surface area contributed by atoms with Crippen LogP contribution in [0.3, 0.4) is 0 Å². The molecule has 142 valence electrons. The van der Waals surface area contributed by atoms with Crippen molar-refractivity contribution in [1.29, 1.82) is 0 Å². The summed E-state index contributed by atoms with van der Waals surface area (Å²) in [6.45, 7) is 5.39. The number of aryl methyl sites for hydroxylation is 1. The standard InChI is InChI=1S/C17H26N6O3/c1-4-18-16(20-8-7-19-15(24)14-6-5-9-26-14)21-12-17(2,25)13-10-22-23(3)11-13/h5-6,9-11,25H,4,7-8,12H2,1-3H3,(H,19,24)(H2,18,20,21). The lowest BCUT2D eigenvalue weighted by atomic mass is 10.0. The van der Waals surface area contributed by atoms with Crippen LogP contribution in [0.2, 0.25) is 0 Å². The first-order valence-electron chi connectivity index (χ1n) is 8.48. The molecule has 1 unspecified atom stereocenters. The molecule has 0 radical (unpaired) electrons. The molecule has 2 aromatic rings. The van der Waals surface area contributed by atoms with E-state index in [-0.39, 0.29) is 18.2 Å². The van der Waals surface area contributed by atoms with Crippen LogP contribution in [0, 0.1) is 0 Å². The van der Waals surface area contributed by atoms with Crippen molar-refractivity contribution in [3.8, 4) is 0 Å². The van der Waals surface area contributed by atoms with Gasteiger partial charge in [0.05, 0.1) is 19.0 Å². The Morgan fingerprint density at radius 2 is 2.15 bits per heavy atom.